The second-order valence-electron chi connectivity index (χ2n) is 8.74. The lowest BCUT2D eigenvalue weighted by Crippen LogP contribution is -2.35. The Balaban J connectivity index is 1.50. The summed E-state index contributed by atoms with van der Waals surface area (Å²) in [4.78, 5) is 25.1. The summed E-state index contributed by atoms with van der Waals surface area (Å²) >= 11 is 5.90. The van der Waals surface area contributed by atoms with Gasteiger partial charge in [0.1, 0.15) is 0 Å². The fraction of sp³-hybridized carbons (Fsp3) is 0.231. The molecular formula is C26H22ClF3N2O5S. The molecule has 1 heterocycles. The number of carbonyl (C=O) groups excluding carboxylic acids is 2. The van der Waals surface area contributed by atoms with E-state index < -0.39 is 39.7 Å². The molecule has 2 unspecified atom stereocenters. The van der Waals surface area contributed by atoms with Crippen molar-refractivity contribution in [2.24, 2.45) is 0 Å². The van der Waals surface area contributed by atoms with Gasteiger partial charge < -0.3 is 10.1 Å². The number of hydrogen-bond acceptors (Lipinski definition) is 5. The predicted molar refractivity (Wildman–Crippen MR) is 136 cm³/mol. The summed E-state index contributed by atoms with van der Waals surface area (Å²) in [5.41, 5.74) is 0.00616. The number of ether oxygens (including phenoxy) is 1. The van der Waals surface area contributed by atoms with Crippen LogP contribution >= 0.6 is 11.6 Å². The SMILES string of the molecule is CC(OC(=O)c1cccc(S(=O)(=O)N2c3ccccc3CC2C)c1)C(=O)Nc1cc(C(F)(F)F)ccc1Cl. The van der Waals surface area contributed by atoms with Gasteiger partial charge in [0.2, 0.25) is 0 Å². The van der Waals surface area contributed by atoms with E-state index in [1.807, 2.05) is 12.1 Å². The highest BCUT2D eigenvalue weighted by Gasteiger charge is 2.36. The summed E-state index contributed by atoms with van der Waals surface area (Å²) in [6, 6.07) is 14.4. The van der Waals surface area contributed by atoms with Gasteiger partial charge in [-0.3, -0.25) is 9.10 Å². The van der Waals surface area contributed by atoms with Crippen molar-refractivity contribution in [1.29, 1.82) is 0 Å². The Hall–Kier alpha value is -3.57. The molecule has 2 atom stereocenters. The van der Waals surface area contributed by atoms with Gasteiger partial charge in [0.05, 0.1) is 32.4 Å². The van der Waals surface area contributed by atoms with E-state index in [1.165, 1.54) is 29.4 Å². The summed E-state index contributed by atoms with van der Waals surface area (Å²) in [6.07, 6.45) is -5.54. The summed E-state index contributed by atoms with van der Waals surface area (Å²) in [7, 11) is -4.02. The van der Waals surface area contributed by atoms with Crippen molar-refractivity contribution in [3.8, 4) is 0 Å². The Morgan fingerprint density at radius 3 is 2.50 bits per heavy atom. The van der Waals surface area contributed by atoms with Crippen LogP contribution in [0.1, 0.15) is 35.3 Å². The van der Waals surface area contributed by atoms with Gasteiger partial charge in [-0.2, -0.15) is 13.2 Å². The molecule has 0 saturated carbocycles. The lowest BCUT2D eigenvalue weighted by molar-refractivity contribution is -0.137. The lowest BCUT2D eigenvalue weighted by atomic mass is 10.1. The molecule has 1 N–H and O–H groups in total. The van der Waals surface area contributed by atoms with E-state index in [2.05, 4.69) is 5.32 Å². The minimum atomic E-state index is -4.65. The van der Waals surface area contributed by atoms with Gasteiger partial charge in [0, 0.05) is 6.04 Å². The highest BCUT2D eigenvalue weighted by molar-refractivity contribution is 7.92. The van der Waals surface area contributed by atoms with Gasteiger partial charge in [-0.1, -0.05) is 35.9 Å². The first-order valence-corrected chi connectivity index (χ1v) is 13.2. The third-order valence-electron chi connectivity index (χ3n) is 5.98. The molecule has 0 saturated heterocycles. The summed E-state index contributed by atoms with van der Waals surface area (Å²) in [6.45, 7) is 3.00. The second kappa shape index (κ2) is 10.3. The van der Waals surface area contributed by atoms with Gasteiger partial charge >= 0.3 is 12.1 Å². The summed E-state index contributed by atoms with van der Waals surface area (Å²) in [5.74, 6) is -1.92. The van der Waals surface area contributed by atoms with Gasteiger partial charge in [-0.05, 0) is 68.3 Å². The second-order valence-corrected chi connectivity index (χ2v) is 11.0. The van der Waals surface area contributed by atoms with Crippen LogP contribution in [0.2, 0.25) is 5.02 Å². The fourth-order valence-corrected chi connectivity index (χ4v) is 6.02. The van der Waals surface area contributed by atoms with Crippen LogP contribution in [0.3, 0.4) is 0 Å². The molecule has 4 rings (SSSR count). The number of alkyl halides is 3. The highest BCUT2D eigenvalue weighted by Crippen LogP contribution is 2.37. The number of anilines is 2. The largest absolute Gasteiger partial charge is 0.449 e. The number of hydrogen-bond donors (Lipinski definition) is 1. The van der Waals surface area contributed by atoms with Crippen LogP contribution < -0.4 is 9.62 Å². The number of sulfonamides is 1. The number of nitrogens with one attached hydrogen (secondary N) is 1. The minimum absolute atomic E-state index is 0.122. The average molecular weight is 567 g/mol. The first-order chi connectivity index (χ1) is 17.8. The van der Waals surface area contributed by atoms with Crippen LogP contribution in [0.15, 0.2) is 71.6 Å². The molecule has 200 valence electrons. The van der Waals surface area contributed by atoms with Crippen molar-refractivity contribution in [2.45, 2.75) is 43.5 Å². The Labute approximate surface area is 222 Å². The number of fused-ring (bicyclic) bond motifs is 1. The molecule has 1 amide bonds. The molecule has 7 nitrogen and oxygen atoms in total. The molecular weight excluding hydrogens is 545 g/mol. The van der Waals surface area contributed by atoms with E-state index in [0.29, 0.717) is 18.2 Å². The van der Waals surface area contributed by atoms with Crippen LogP contribution in [0.4, 0.5) is 24.5 Å². The smallest absolute Gasteiger partial charge is 0.416 e. The van der Waals surface area contributed by atoms with Crippen molar-refractivity contribution in [3.05, 3.63) is 88.4 Å². The van der Waals surface area contributed by atoms with Crippen molar-refractivity contribution in [3.63, 3.8) is 0 Å². The zero-order chi connectivity index (χ0) is 27.8. The van der Waals surface area contributed by atoms with Gasteiger partial charge in [-0.15, -0.1) is 0 Å². The van der Waals surface area contributed by atoms with Gasteiger partial charge in [-0.25, -0.2) is 13.2 Å². The topological polar surface area (TPSA) is 92.8 Å². The Morgan fingerprint density at radius 2 is 1.79 bits per heavy atom. The lowest BCUT2D eigenvalue weighted by Gasteiger charge is -2.24. The molecule has 38 heavy (non-hydrogen) atoms. The van der Waals surface area contributed by atoms with Gasteiger partial charge in [0.15, 0.2) is 6.10 Å². The third-order valence-corrected chi connectivity index (χ3v) is 8.23. The fourth-order valence-electron chi connectivity index (χ4n) is 4.11. The number of para-hydroxylation sites is 1. The van der Waals surface area contributed by atoms with E-state index in [1.54, 1.807) is 19.1 Å². The van der Waals surface area contributed by atoms with Crippen molar-refractivity contribution in [2.75, 3.05) is 9.62 Å². The molecule has 1 aliphatic rings. The maximum atomic E-state index is 13.5. The highest BCUT2D eigenvalue weighted by atomic mass is 35.5. The van der Waals surface area contributed by atoms with Crippen molar-refractivity contribution in [1.82, 2.24) is 0 Å². The Morgan fingerprint density at radius 1 is 1.08 bits per heavy atom. The number of halogens is 4. The molecule has 0 bridgehead atoms. The molecule has 12 heteroatoms. The maximum Gasteiger partial charge on any atom is 0.416 e. The van der Waals surface area contributed by atoms with Crippen LogP contribution in [-0.4, -0.2) is 32.4 Å². The van der Waals surface area contributed by atoms with E-state index >= 15 is 0 Å². The average Bonchev–Trinajstić information content (AvgIpc) is 3.21. The maximum absolute atomic E-state index is 13.5. The van der Waals surface area contributed by atoms with Crippen LogP contribution in [0.25, 0.3) is 0 Å². The molecule has 1 aliphatic heterocycles. The number of carbonyl (C=O) groups is 2. The summed E-state index contributed by atoms with van der Waals surface area (Å²) < 4.78 is 72.4. The summed E-state index contributed by atoms with van der Waals surface area (Å²) in [5, 5.41) is 2.08. The van der Waals surface area contributed by atoms with Crippen LogP contribution in [0, 0.1) is 0 Å². The molecule has 0 aliphatic carbocycles. The van der Waals surface area contributed by atoms with E-state index in [-0.39, 0.29) is 27.2 Å². The standard InChI is InChI=1S/C26H22ClF3N2O5S/c1-15-12-17-6-3-4-9-23(17)32(15)38(35,36)20-8-5-7-18(13-20)25(34)37-16(2)24(33)31-22-14-19(26(28,29)30)10-11-21(22)27/h3-11,13-16H,12H2,1-2H3,(H,31,33). The number of rotatable bonds is 6. The molecule has 0 spiro atoms. The van der Waals surface area contributed by atoms with E-state index in [0.717, 1.165) is 23.8 Å². The van der Waals surface area contributed by atoms with Crippen molar-refractivity contribution < 1.29 is 35.9 Å². The zero-order valence-corrected chi connectivity index (χ0v) is 21.7. The first kappa shape index (κ1) is 27.5. The quantitative estimate of drug-likeness (QED) is 0.387. The Kier molecular flexibility index (Phi) is 7.44. The monoisotopic (exact) mass is 566 g/mol. The van der Waals surface area contributed by atoms with Crippen LogP contribution in [-0.2, 0) is 32.2 Å². The first-order valence-electron chi connectivity index (χ1n) is 11.4. The molecule has 3 aromatic carbocycles. The molecule has 0 aromatic heterocycles. The number of esters is 1. The molecule has 3 aromatic rings. The molecule has 0 radical (unpaired) electrons. The van der Waals surface area contributed by atoms with Crippen LogP contribution in [0.5, 0.6) is 0 Å². The van der Waals surface area contributed by atoms with E-state index in [9.17, 15) is 31.2 Å². The van der Waals surface area contributed by atoms with Crippen molar-refractivity contribution >= 4 is 44.9 Å². The minimum Gasteiger partial charge on any atom is -0.449 e. The number of benzene rings is 3. The van der Waals surface area contributed by atoms with E-state index in [4.69, 9.17) is 16.3 Å². The molecule has 0 fully saturated rings. The normalized spacial score (nSPS) is 16.1. The Bertz CT molecular complexity index is 1510. The number of amides is 1. The van der Waals surface area contributed by atoms with Gasteiger partial charge in [0.25, 0.3) is 15.9 Å². The zero-order valence-electron chi connectivity index (χ0n) is 20.1. The third kappa shape index (κ3) is 5.48. The predicted octanol–water partition coefficient (Wildman–Crippen LogP) is 5.68. The number of nitrogens with zero attached hydrogens (tertiary/aromatic N) is 1.